The van der Waals surface area contributed by atoms with Gasteiger partial charge in [-0.1, -0.05) is 0 Å². The molecule has 4 atom stereocenters. The smallest absolute Gasteiger partial charge is 0.163 e. The maximum Gasteiger partial charge on any atom is 0.163 e. The van der Waals surface area contributed by atoms with Crippen molar-refractivity contribution in [2.75, 3.05) is 24.3 Å². The van der Waals surface area contributed by atoms with Gasteiger partial charge in [-0.3, -0.25) is 0 Å². The van der Waals surface area contributed by atoms with Crippen LogP contribution in [0.5, 0.6) is 0 Å². The van der Waals surface area contributed by atoms with E-state index in [-0.39, 0.29) is 6.61 Å². The molecule has 2 aliphatic heterocycles. The van der Waals surface area contributed by atoms with Crippen molar-refractivity contribution in [3.63, 3.8) is 0 Å². The second kappa shape index (κ2) is 5.93. The van der Waals surface area contributed by atoms with Crippen molar-refractivity contribution in [1.82, 2.24) is 9.97 Å². The van der Waals surface area contributed by atoms with Gasteiger partial charge in [0.25, 0.3) is 0 Å². The highest BCUT2D eigenvalue weighted by molar-refractivity contribution is 7.98. The van der Waals surface area contributed by atoms with E-state index >= 15 is 0 Å². The van der Waals surface area contributed by atoms with E-state index in [1.54, 1.807) is 11.8 Å². The third-order valence-electron chi connectivity index (χ3n) is 4.39. The highest BCUT2D eigenvalue weighted by Gasteiger charge is 2.55. The molecule has 3 unspecified atom stereocenters. The maximum atomic E-state index is 10.7. The van der Waals surface area contributed by atoms with Crippen LogP contribution < -0.4 is 4.90 Å². The molecule has 1 saturated heterocycles. The van der Waals surface area contributed by atoms with Crippen molar-refractivity contribution in [2.45, 2.75) is 48.8 Å². The van der Waals surface area contributed by atoms with Gasteiger partial charge in [-0.15, -0.1) is 11.8 Å². The van der Waals surface area contributed by atoms with Gasteiger partial charge in [-0.2, -0.15) is 0 Å². The quantitative estimate of drug-likeness (QED) is 0.518. The topological polar surface area (TPSA) is 98.9 Å². The Labute approximate surface area is 133 Å². The summed E-state index contributed by atoms with van der Waals surface area (Å²) in [5.41, 5.74) is -0.436. The number of thioether (sulfide) groups is 1. The van der Waals surface area contributed by atoms with Crippen molar-refractivity contribution in [2.24, 2.45) is 0 Å². The second-order valence-electron chi connectivity index (χ2n) is 5.86. The van der Waals surface area contributed by atoms with Gasteiger partial charge in [0.1, 0.15) is 35.0 Å². The highest BCUT2D eigenvalue weighted by atomic mass is 32.2. The lowest BCUT2D eigenvalue weighted by atomic mass is 9.94. The van der Waals surface area contributed by atoms with Gasteiger partial charge < -0.3 is 25.0 Å². The number of rotatable bonds is 3. The lowest BCUT2D eigenvalue weighted by Crippen LogP contribution is -2.54. The van der Waals surface area contributed by atoms with Crippen molar-refractivity contribution in [3.05, 3.63) is 11.9 Å². The number of aliphatic hydroxyl groups excluding tert-OH is 2. The number of hydrogen-bond donors (Lipinski definition) is 3. The van der Waals surface area contributed by atoms with Crippen LogP contribution in [-0.2, 0) is 11.2 Å². The molecule has 2 aliphatic rings. The molecule has 0 radical (unpaired) electrons. The molecule has 1 fully saturated rings. The highest BCUT2D eigenvalue weighted by Crippen LogP contribution is 2.39. The third-order valence-corrected chi connectivity index (χ3v) is 5.13. The Hall–Kier alpha value is -0.930. The van der Waals surface area contributed by atoms with Crippen LogP contribution in [0.15, 0.2) is 11.4 Å². The maximum absolute atomic E-state index is 10.7. The molecule has 8 heteroatoms. The fraction of sp³-hybridized carbons (Fsp3) is 0.714. The molecule has 3 heterocycles. The van der Waals surface area contributed by atoms with Crippen LogP contribution in [0.2, 0.25) is 0 Å². The number of anilines is 1. The van der Waals surface area contributed by atoms with Crippen molar-refractivity contribution in [3.8, 4) is 0 Å². The molecule has 22 heavy (non-hydrogen) atoms. The normalized spacial score (nSPS) is 34.8. The van der Waals surface area contributed by atoms with Gasteiger partial charge in [0.15, 0.2) is 6.23 Å². The summed E-state index contributed by atoms with van der Waals surface area (Å²) in [5, 5.41) is 31.1. The summed E-state index contributed by atoms with van der Waals surface area (Å²) in [7, 11) is 0. The minimum atomic E-state index is -1.48. The van der Waals surface area contributed by atoms with Gasteiger partial charge >= 0.3 is 0 Å². The standard InChI is InChI=1S/C14H21N3O4S/c1-14(20)10(19)9(6-18)21-13(14)17-5-3-4-8-11(17)15-7-16-12(8)22-2/h7,9-10,13,18-20H,3-6H2,1-2H3/t9?,10?,13?,14-/m1/s1. The fourth-order valence-electron chi connectivity index (χ4n) is 3.22. The van der Waals surface area contributed by atoms with Crippen molar-refractivity contribution in [1.29, 1.82) is 0 Å². The summed E-state index contributed by atoms with van der Waals surface area (Å²) in [6.45, 7) is 1.86. The Morgan fingerprint density at radius 2 is 2.27 bits per heavy atom. The van der Waals surface area contributed by atoms with E-state index in [4.69, 9.17) is 4.74 Å². The molecule has 1 aromatic heterocycles. The third kappa shape index (κ3) is 2.39. The first-order valence-corrected chi connectivity index (χ1v) is 8.54. The fourth-order valence-corrected chi connectivity index (χ4v) is 3.81. The van der Waals surface area contributed by atoms with Crippen LogP contribution in [0.25, 0.3) is 0 Å². The number of aromatic nitrogens is 2. The zero-order valence-electron chi connectivity index (χ0n) is 12.6. The molecular weight excluding hydrogens is 306 g/mol. The zero-order valence-corrected chi connectivity index (χ0v) is 13.5. The molecule has 0 aromatic carbocycles. The SMILES string of the molecule is CSc1ncnc2c1CCCN2C1OC(CO)C(O)[C@@]1(C)O. The molecule has 0 aliphatic carbocycles. The molecule has 3 N–H and O–H groups in total. The lowest BCUT2D eigenvalue weighted by molar-refractivity contribution is -0.0641. The molecule has 0 saturated carbocycles. The summed E-state index contributed by atoms with van der Waals surface area (Å²) in [5.74, 6) is 0.738. The van der Waals surface area contributed by atoms with E-state index < -0.39 is 24.0 Å². The Morgan fingerprint density at radius 3 is 2.91 bits per heavy atom. The number of nitrogens with zero attached hydrogens (tertiary/aromatic N) is 3. The minimum absolute atomic E-state index is 0.339. The van der Waals surface area contributed by atoms with E-state index in [9.17, 15) is 15.3 Å². The van der Waals surface area contributed by atoms with Crippen LogP contribution >= 0.6 is 11.8 Å². The van der Waals surface area contributed by atoms with E-state index in [1.807, 2.05) is 11.2 Å². The average molecular weight is 327 g/mol. The lowest BCUT2D eigenvalue weighted by Gasteiger charge is -2.39. The molecule has 1 aromatic rings. The Bertz CT molecular complexity index is 557. The second-order valence-corrected chi connectivity index (χ2v) is 6.66. The Kier molecular flexibility index (Phi) is 4.30. The zero-order chi connectivity index (χ0) is 15.9. The van der Waals surface area contributed by atoms with Gasteiger partial charge in [0, 0.05) is 12.1 Å². The summed E-state index contributed by atoms with van der Waals surface area (Å²) >= 11 is 1.56. The van der Waals surface area contributed by atoms with Crippen molar-refractivity contribution >= 4 is 17.6 Å². The van der Waals surface area contributed by atoms with Crippen LogP contribution in [0.1, 0.15) is 18.9 Å². The predicted molar refractivity (Wildman–Crippen MR) is 81.9 cm³/mol. The molecule has 122 valence electrons. The van der Waals surface area contributed by atoms with E-state index in [0.717, 1.165) is 29.2 Å². The van der Waals surface area contributed by atoms with Crippen LogP contribution in [0, 0.1) is 0 Å². The summed E-state index contributed by atoms with van der Waals surface area (Å²) in [6.07, 6.45) is 2.56. The monoisotopic (exact) mass is 327 g/mol. The molecule has 0 bridgehead atoms. The molecular formula is C14H21N3O4S. The largest absolute Gasteiger partial charge is 0.394 e. The van der Waals surface area contributed by atoms with Crippen LogP contribution in [-0.4, -0.2) is 68.7 Å². The molecule has 0 amide bonds. The first kappa shape index (κ1) is 15.9. The van der Waals surface area contributed by atoms with Gasteiger partial charge in [0.2, 0.25) is 0 Å². The van der Waals surface area contributed by atoms with E-state index in [1.165, 1.54) is 13.3 Å². The van der Waals surface area contributed by atoms with E-state index in [0.29, 0.717) is 6.54 Å². The summed E-state index contributed by atoms with van der Waals surface area (Å²) in [4.78, 5) is 10.5. The van der Waals surface area contributed by atoms with Crippen molar-refractivity contribution < 1.29 is 20.1 Å². The minimum Gasteiger partial charge on any atom is -0.394 e. The molecule has 7 nitrogen and oxygen atoms in total. The number of aliphatic hydroxyl groups is 3. The molecule has 3 rings (SSSR count). The first-order chi connectivity index (χ1) is 10.5. The van der Waals surface area contributed by atoms with E-state index in [2.05, 4.69) is 9.97 Å². The summed E-state index contributed by atoms with van der Waals surface area (Å²) < 4.78 is 5.72. The number of fused-ring (bicyclic) bond motifs is 1. The predicted octanol–water partition coefficient (Wildman–Crippen LogP) is -0.220. The Balaban J connectivity index is 1.98. The van der Waals surface area contributed by atoms with Crippen LogP contribution in [0.3, 0.4) is 0 Å². The Morgan fingerprint density at radius 1 is 1.50 bits per heavy atom. The number of ether oxygens (including phenoxy) is 1. The summed E-state index contributed by atoms with van der Waals surface area (Å²) in [6, 6.07) is 0. The van der Waals surface area contributed by atoms with Gasteiger partial charge in [-0.25, -0.2) is 9.97 Å². The van der Waals surface area contributed by atoms with Gasteiger partial charge in [-0.05, 0) is 26.0 Å². The molecule has 0 spiro atoms. The number of hydrogen-bond acceptors (Lipinski definition) is 8. The first-order valence-electron chi connectivity index (χ1n) is 7.32. The van der Waals surface area contributed by atoms with Crippen LogP contribution in [0.4, 0.5) is 5.82 Å². The average Bonchev–Trinajstić information content (AvgIpc) is 2.76. The van der Waals surface area contributed by atoms with Gasteiger partial charge in [0.05, 0.1) is 6.61 Å².